The largest absolute Gasteiger partial charge is 0.497 e. The van der Waals surface area contributed by atoms with Gasteiger partial charge in [-0.05, 0) is 43.2 Å². The summed E-state index contributed by atoms with van der Waals surface area (Å²) in [5.74, 6) is -0.737. The number of amides is 1. The normalized spacial score (nSPS) is 15.0. The Hall–Kier alpha value is -2.83. The lowest BCUT2D eigenvalue weighted by Crippen LogP contribution is -2.36. The second kappa shape index (κ2) is 5.75. The first kappa shape index (κ1) is 15.1. The number of methoxy groups -OCH3 is 1. The zero-order valence-corrected chi connectivity index (χ0v) is 12.7. The van der Waals surface area contributed by atoms with Crippen LogP contribution in [-0.2, 0) is 16.1 Å². The third-order valence-corrected chi connectivity index (χ3v) is 4.01. The lowest BCUT2D eigenvalue weighted by molar-refractivity contribution is -0.149. The smallest absolute Gasteiger partial charge is 0.319 e. The Morgan fingerprint density at radius 1 is 1.30 bits per heavy atom. The van der Waals surface area contributed by atoms with Gasteiger partial charge in [0.1, 0.15) is 11.2 Å². The first-order chi connectivity index (χ1) is 11.0. The SMILES string of the molecule is COc1ccc(-n2ccc(CNC(=O)C3(C(=O)O)CC3)n2)cc1. The minimum absolute atomic E-state index is 0.205. The number of hydrogen-bond acceptors (Lipinski definition) is 4. The summed E-state index contributed by atoms with van der Waals surface area (Å²) in [6, 6.07) is 9.20. The molecule has 2 N–H and O–H groups in total. The summed E-state index contributed by atoms with van der Waals surface area (Å²) in [5.41, 5.74) is 0.307. The number of hydrogen-bond donors (Lipinski definition) is 2. The molecule has 1 heterocycles. The standard InChI is InChI=1S/C16H17N3O4/c1-23-13-4-2-12(3-5-13)19-9-6-11(18-19)10-17-14(20)16(7-8-16)15(21)22/h2-6,9H,7-8,10H2,1H3,(H,17,20)(H,21,22). The van der Waals surface area contributed by atoms with E-state index in [0.29, 0.717) is 18.5 Å². The number of rotatable bonds is 6. The van der Waals surface area contributed by atoms with Crippen LogP contribution < -0.4 is 10.1 Å². The van der Waals surface area contributed by atoms with Crippen molar-refractivity contribution >= 4 is 11.9 Å². The van der Waals surface area contributed by atoms with E-state index in [2.05, 4.69) is 10.4 Å². The summed E-state index contributed by atoms with van der Waals surface area (Å²) in [6.07, 6.45) is 2.58. The number of carboxylic acid groups (broad SMARTS) is 1. The van der Waals surface area contributed by atoms with Crippen molar-refractivity contribution in [1.29, 1.82) is 0 Å². The molecular formula is C16H17N3O4. The quantitative estimate of drug-likeness (QED) is 0.785. The Labute approximate surface area is 132 Å². The van der Waals surface area contributed by atoms with Crippen LogP contribution in [0, 0.1) is 5.41 Å². The van der Waals surface area contributed by atoms with Crippen LogP contribution in [-0.4, -0.2) is 33.9 Å². The van der Waals surface area contributed by atoms with Gasteiger partial charge in [0.2, 0.25) is 5.91 Å². The molecule has 1 fully saturated rings. The summed E-state index contributed by atoms with van der Waals surface area (Å²) >= 11 is 0. The molecule has 1 aliphatic carbocycles. The van der Waals surface area contributed by atoms with Crippen LogP contribution in [0.1, 0.15) is 18.5 Å². The summed E-state index contributed by atoms with van der Waals surface area (Å²) in [6.45, 7) is 0.205. The Morgan fingerprint density at radius 2 is 2.00 bits per heavy atom. The molecular weight excluding hydrogens is 298 g/mol. The van der Waals surface area contributed by atoms with Crippen LogP contribution in [0.3, 0.4) is 0 Å². The maximum absolute atomic E-state index is 11.9. The number of nitrogens with zero attached hydrogens (tertiary/aromatic N) is 2. The van der Waals surface area contributed by atoms with E-state index >= 15 is 0 Å². The number of benzene rings is 1. The van der Waals surface area contributed by atoms with Crippen molar-refractivity contribution < 1.29 is 19.4 Å². The van der Waals surface area contributed by atoms with Crippen molar-refractivity contribution in [3.63, 3.8) is 0 Å². The van der Waals surface area contributed by atoms with Crippen molar-refractivity contribution in [2.75, 3.05) is 7.11 Å². The van der Waals surface area contributed by atoms with Crippen molar-refractivity contribution in [3.05, 3.63) is 42.2 Å². The minimum atomic E-state index is -1.22. The van der Waals surface area contributed by atoms with E-state index in [4.69, 9.17) is 9.84 Å². The van der Waals surface area contributed by atoms with E-state index in [1.54, 1.807) is 24.1 Å². The fourth-order valence-corrected chi connectivity index (χ4v) is 2.34. The van der Waals surface area contributed by atoms with E-state index < -0.39 is 17.3 Å². The molecule has 120 valence electrons. The molecule has 0 atom stereocenters. The third-order valence-electron chi connectivity index (χ3n) is 4.01. The number of aromatic nitrogens is 2. The molecule has 7 nitrogen and oxygen atoms in total. The molecule has 1 amide bonds. The first-order valence-corrected chi connectivity index (χ1v) is 7.26. The highest BCUT2D eigenvalue weighted by molar-refractivity contribution is 6.04. The van der Waals surface area contributed by atoms with Crippen molar-refractivity contribution in [3.8, 4) is 11.4 Å². The molecule has 0 radical (unpaired) electrons. The van der Waals surface area contributed by atoms with E-state index in [0.717, 1.165) is 11.4 Å². The number of aliphatic carboxylic acids is 1. The van der Waals surface area contributed by atoms with Gasteiger partial charge >= 0.3 is 5.97 Å². The highest BCUT2D eigenvalue weighted by Crippen LogP contribution is 2.46. The van der Waals surface area contributed by atoms with Gasteiger partial charge in [-0.1, -0.05) is 0 Å². The number of nitrogens with one attached hydrogen (secondary N) is 1. The molecule has 23 heavy (non-hydrogen) atoms. The molecule has 1 saturated carbocycles. The molecule has 0 saturated heterocycles. The molecule has 1 aliphatic rings. The fraction of sp³-hybridized carbons (Fsp3) is 0.312. The van der Waals surface area contributed by atoms with E-state index in [1.807, 2.05) is 24.3 Å². The maximum atomic E-state index is 11.9. The van der Waals surface area contributed by atoms with E-state index in [-0.39, 0.29) is 6.54 Å². The molecule has 1 aromatic carbocycles. The first-order valence-electron chi connectivity index (χ1n) is 7.26. The van der Waals surface area contributed by atoms with Crippen LogP contribution in [0.25, 0.3) is 5.69 Å². The lowest BCUT2D eigenvalue weighted by Gasteiger charge is -2.09. The fourth-order valence-electron chi connectivity index (χ4n) is 2.34. The predicted molar refractivity (Wildman–Crippen MR) is 81.3 cm³/mol. The van der Waals surface area contributed by atoms with Gasteiger partial charge in [-0.3, -0.25) is 9.59 Å². The van der Waals surface area contributed by atoms with Crippen LogP contribution in [0.15, 0.2) is 36.5 Å². The maximum Gasteiger partial charge on any atom is 0.319 e. The Morgan fingerprint density at radius 3 is 2.57 bits per heavy atom. The molecule has 7 heteroatoms. The van der Waals surface area contributed by atoms with Crippen molar-refractivity contribution in [2.24, 2.45) is 5.41 Å². The zero-order valence-electron chi connectivity index (χ0n) is 12.7. The summed E-state index contributed by atoms with van der Waals surface area (Å²) < 4.78 is 6.79. The van der Waals surface area contributed by atoms with Crippen LogP contribution in [0.5, 0.6) is 5.75 Å². The monoisotopic (exact) mass is 315 g/mol. The number of carbonyl (C=O) groups excluding carboxylic acids is 1. The van der Waals surface area contributed by atoms with Crippen molar-refractivity contribution in [2.45, 2.75) is 19.4 Å². The molecule has 0 unspecified atom stereocenters. The third kappa shape index (κ3) is 2.90. The van der Waals surface area contributed by atoms with Crippen molar-refractivity contribution in [1.82, 2.24) is 15.1 Å². The van der Waals surface area contributed by atoms with Gasteiger partial charge in [-0.25, -0.2) is 4.68 Å². The summed E-state index contributed by atoms with van der Waals surface area (Å²) in [4.78, 5) is 23.0. The average Bonchev–Trinajstić information content (AvgIpc) is 3.26. The van der Waals surface area contributed by atoms with Crippen LogP contribution >= 0.6 is 0 Å². The number of ether oxygens (including phenoxy) is 1. The highest BCUT2D eigenvalue weighted by Gasteiger charge is 2.56. The van der Waals surface area contributed by atoms with Crippen LogP contribution in [0.4, 0.5) is 0 Å². The van der Waals surface area contributed by atoms with E-state index in [1.165, 1.54) is 0 Å². The van der Waals surface area contributed by atoms with Gasteiger partial charge in [-0.2, -0.15) is 5.10 Å². The predicted octanol–water partition coefficient (Wildman–Crippen LogP) is 1.36. The minimum Gasteiger partial charge on any atom is -0.497 e. The van der Waals surface area contributed by atoms with Gasteiger partial charge in [0.05, 0.1) is 25.0 Å². The van der Waals surface area contributed by atoms with E-state index in [9.17, 15) is 9.59 Å². The van der Waals surface area contributed by atoms with Gasteiger partial charge in [0.15, 0.2) is 0 Å². The Balaban J connectivity index is 1.63. The summed E-state index contributed by atoms with van der Waals surface area (Å²) in [7, 11) is 1.60. The van der Waals surface area contributed by atoms with Gasteiger partial charge in [0.25, 0.3) is 0 Å². The second-order valence-electron chi connectivity index (χ2n) is 5.52. The zero-order chi connectivity index (χ0) is 16.4. The molecule has 1 aromatic heterocycles. The topological polar surface area (TPSA) is 93.5 Å². The molecule has 3 rings (SSSR count). The molecule has 0 aliphatic heterocycles. The highest BCUT2D eigenvalue weighted by atomic mass is 16.5. The van der Waals surface area contributed by atoms with Gasteiger partial charge in [-0.15, -0.1) is 0 Å². The Bertz CT molecular complexity index is 732. The second-order valence-corrected chi connectivity index (χ2v) is 5.52. The Kier molecular flexibility index (Phi) is 3.77. The summed E-state index contributed by atoms with van der Waals surface area (Å²) in [5, 5.41) is 16.1. The molecule has 0 spiro atoms. The number of carboxylic acids is 1. The van der Waals surface area contributed by atoms with Crippen LogP contribution in [0.2, 0.25) is 0 Å². The van der Waals surface area contributed by atoms with Gasteiger partial charge < -0.3 is 15.2 Å². The molecule has 0 bridgehead atoms. The number of carbonyl (C=O) groups is 2. The lowest BCUT2D eigenvalue weighted by atomic mass is 10.1. The molecule has 2 aromatic rings. The average molecular weight is 315 g/mol. The van der Waals surface area contributed by atoms with Gasteiger partial charge in [0, 0.05) is 6.20 Å².